The highest BCUT2D eigenvalue weighted by Crippen LogP contribution is 2.28. The number of nitrogens with one attached hydrogen (secondary N) is 1. The fourth-order valence-corrected chi connectivity index (χ4v) is 2.13. The fraction of sp³-hybridized carbons (Fsp3) is 0.636. The lowest BCUT2D eigenvalue weighted by atomic mass is 10.2. The topological polar surface area (TPSA) is 105 Å². The predicted molar refractivity (Wildman–Crippen MR) is 62.4 cm³/mol. The Balaban J connectivity index is 2.45. The zero-order valence-corrected chi connectivity index (χ0v) is 10.2. The Morgan fingerprint density at radius 3 is 2.67 bits per heavy atom. The van der Waals surface area contributed by atoms with Gasteiger partial charge in [-0.2, -0.15) is 0 Å². The number of nitrogens with zero attached hydrogens (tertiary/aromatic N) is 1. The molecule has 3 N–H and O–H groups in total. The Morgan fingerprint density at radius 1 is 1.44 bits per heavy atom. The van der Waals surface area contributed by atoms with Crippen LogP contribution in [0, 0.1) is 13.8 Å². The van der Waals surface area contributed by atoms with Gasteiger partial charge in [-0.3, -0.25) is 14.3 Å². The average Bonchev–Trinajstić information content (AvgIpc) is 2.67. The lowest BCUT2D eigenvalue weighted by molar-refractivity contribution is -0.0466. The molecule has 7 heteroatoms. The van der Waals surface area contributed by atoms with Crippen molar-refractivity contribution in [2.75, 3.05) is 6.61 Å². The molecule has 1 fully saturated rings. The van der Waals surface area contributed by atoms with E-state index in [2.05, 4.69) is 4.98 Å². The molecule has 100 valence electrons. The molecule has 1 aromatic heterocycles. The Morgan fingerprint density at radius 2 is 2.11 bits per heavy atom. The van der Waals surface area contributed by atoms with E-state index in [-0.39, 0.29) is 13.0 Å². The van der Waals surface area contributed by atoms with Gasteiger partial charge in [0.05, 0.1) is 12.7 Å². The van der Waals surface area contributed by atoms with Gasteiger partial charge in [0.25, 0.3) is 5.56 Å². The Kier molecular flexibility index (Phi) is 3.38. The third kappa shape index (κ3) is 2.00. The van der Waals surface area contributed by atoms with Gasteiger partial charge < -0.3 is 14.9 Å². The second kappa shape index (κ2) is 4.68. The Labute approximate surface area is 103 Å². The number of rotatable bonds is 2. The summed E-state index contributed by atoms with van der Waals surface area (Å²) >= 11 is 0. The highest BCUT2D eigenvalue weighted by molar-refractivity contribution is 5.14. The molecule has 0 bridgehead atoms. The minimum Gasteiger partial charge on any atom is -0.394 e. The maximum absolute atomic E-state index is 11.8. The summed E-state index contributed by atoms with van der Waals surface area (Å²) in [6.07, 6.45) is -1.98. The van der Waals surface area contributed by atoms with E-state index in [0.29, 0.717) is 11.3 Å². The number of hydrogen-bond acceptors (Lipinski definition) is 5. The summed E-state index contributed by atoms with van der Waals surface area (Å²) in [5.41, 5.74) is -0.0652. The van der Waals surface area contributed by atoms with E-state index in [0.717, 1.165) is 0 Å². The van der Waals surface area contributed by atoms with Crippen LogP contribution in [0.4, 0.5) is 0 Å². The summed E-state index contributed by atoms with van der Waals surface area (Å²) in [7, 11) is 0. The van der Waals surface area contributed by atoms with Crippen LogP contribution >= 0.6 is 0 Å². The molecule has 1 unspecified atom stereocenters. The van der Waals surface area contributed by atoms with E-state index >= 15 is 0 Å². The van der Waals surface area contributed by atoms with E-state index < -0.39 is 29.7 Å². The number of aromatic nitrogens is 2. The number of hydrogen-bond donors (Lipinski definition) is 3. The van der Waals surface area contributed by atoms with E-state index in [1.807, 2.05) is 0 Å². The van der Waals surface area contributed by atoms with Crippen molar-refractivity contribution in [3.05, 3.63) is 32.1 Å². The van der Waals surface area contributed by atoms with Crippen molar-refractivity contribution in [3.63, 3.8) is 0 Å². The van der Waals surface area contributed by atoms with Gasteiger partial charge in [-0.15, -0.1) is 0 Å². The van der Waals surface area contributed by atoms with Crippen molar-refractivity contribution >= 4 is 0 Å². The molecule has 18 heavy (non-hydrogen) atoms. The van der Waals surface area contributed by atoms with Gasteiger partial charge in [0.15, 0.2) is 0 Å². The van der Waals surface area contributed by atoms with Gasteiger partial charge in [-0.1, -0.05) is 0 Å². The zero-order valence-electron chi connectivity index (χ0n) is 10.2. The van der Waals surface area contributed by atoms with Gasteiger partial charge in [0.2, 0.25) is 0 Å². The molecular formula is C11H16N2O5. The van der Waals surface area contributed by atoms with E-state index in [1.54, 1.807) is 13.8 Å². The molecule has 2 heterocycles. The Bertz CT molecular complexity index is 562. The van der Waals surface area contributed by atoms with E-state index in [4.69, 9.17) is 9.84 Å². The molecule has 2 rings (SSSR count). The fourth-order valence-electron chi connectivity index (χ4n) is 2.13. The SMILES string of the molecule is Cc1c(C)n([C@H]2CC(O)[C@@H](CO)O2)c(=O)[nH]c1=O. The van der Waals surface area contributed by atoms with E-state index in [1.165, 1.54) is 4.57 Å². The summed E-state index contributed by atoms with van der Waals surface area (Å²) in [4.78, 5) is 25.4. The van der Waals surface area contributed by atoms with Crippen LogP contribution in [0.25, 0.3) is 0 Å². The lowest BCUT2D eigenvalue weighted by Crippen LogP contribution is -2.36. The predicted octanol–water partition coefficient (Wildman–Crippen LogP) is -1.21. The van der Waals surface area contributed by atoms with Crippen molar-refractivity contribution in [1.29, 1.82) is 0 Å². The number of ether oxygens (including phenoxy) is 1. The first-order valence-electron chi connectivity index (χ1n) is 5.72. The molecule has 0 saturated carbocycles. The summed E-state index contributed by atoms with van der Waals surface area (Å²) in [6.45, 7) is 2.95. The van der Waals surface area contributed by atoms with Crippen molar-refractivity contribution in [3.8, 4) is 0 Å². The Hall–Kier alpha value is -1.44. The van der Waals surface area contributed by atoms with Crippen LogP contribution < -0.4 is 11.2 Å². The normalized spacial score (nSPS) is 27.7. The summed E-state index contributed by atoms with van der Waals surface area (Å²) in [5.74, 6) is 0. The van der Waals surface area contributed by atoms with Gasteiger partial charge >= 0.3 is 5.69 Å². The van der Waals surface area contributed by atoms with Crippen LogP contribution in [0.15, 0.2) is 9.59 Å². The van der Waals surface area contributed by atoms with Crippen LogP contribution in [0.1, 0.15) is 23.9 Å². The largest absolute Gasteiger partial charge is 0.394 e. The lowest BCUT2D eigenvalue weighted by Gasteiger charge is -2.18. The highest BCUT2D eigenvalue weighted by atomic mass is 16.5. The summed E-state index contributed by atoms with van der Waals surface area (Å²) in [5, 5.41) is 18.7. The van der Waals surface area contributed by atoms with Gasteiger partial charge in [0.1, 0.15) is 12.3 Å². The summed E-state index contributed by atoms with van der Waals surface area (Å²) < 4.78 is 6.71. The van der Waals surface area contributed by atoms with Crippen LogP contribution in [0.2, 0.25) is 0 Å². The molecular weight excluding hydrogens is 240 g/mol. The number of aliphatic hydroxyl groups excluding tert-OH is 2. The number of aliphatic hydroxyl groups is 2. The second-order valence-corrected chi connectivity index (χ2v) is 4.45. The summed E-state index contributed by atoms with van der Waals surface area (Å²) in [6, 6.07) is 0. The molecule has 7 nitrogen and oxygen atoms in total. The second-order valence-electron chi connectivity index (χ2n) is 4.45. The van der Waals surface area contributed by atoms with E-state index in [9.17, 15) is 14.7 Å². The van der Waals surface area contributed by atoms with Crippen molar-refractivity contribution in [2.45, 2.75) is 38.7 Å². The molecule has 0 amide bonds. The molecule has 0 aromatic carbocycles. The first-order chi connectivity index (χ1) is 8.45. The molecule has 0 aliphatic carbocycles. The minimum absolute atomic E-state index is 0.206. The molecule has 0 radical (unpaired) electrons. The van der Waals surface area contributed by atoms with Crippen LogP contribution in [0.3, 0.4) is 0 Å². The van der Waals surface area contributed by atoms with Gasteiger partial charge in [-0.25, -0.2) is 4.79 Å². The standard InChI is InChI=1S/C11H16N2O5/c1-5-6(2)13(11(17)12-10(5)16)9-3-7(15)8(4-14)18-9/h7-9,14-15H,3-4H2,1-2H3,(H,12,16,17)/t7?,8-,9-/m1/s1. The molecule has 1 aliphatic heterocycles. The highest BCUT2D eigenvalue weighted by Gasteiger charge is 2.35. The molecule has 1 saturated heterocycles. The van der Waals surface area contributed by atoms with Crippen molar-refractivity contribution in [2.24, 2.45) is 0 Å². The molecule has 1 aliphatic rings. The first-order valence-corrected chi connectivity index (χ1v) is 5.72. The van der Waals surface area contributed by atoms with Crippen LogP contribution in [-0.4, -0.2) is 38.6 Å². The van der Waals surface area contributed by atoms with Gasteiger partial charge in [-0.05, 0) is 13.8 Å². The van der Waals surface area contributed by atoms with Crippen molar-refractivity contribution in [1.82, 2.24) is 9.55 Å². The van der Waals surface area contributed by atoms with Crippen molar-refractivity contribution < 1.29 is 14.9 Å². The van der Waals surface area contributed by atoms with Crippen LogP contribution in [-0.2, 0) is 4.74 Å². The monoisotopic (exact) mass is 256 g/mol. The molecule has 3 atom stereocenters. The van der Waals surface area contributed by atoms with Crippen LogP contribution in [0.5, 0.6) is 0 Å². The maximum atomic E-state index is 11.8. The third-order valence-corrected chi connectivity index (χ3v) is 3.36. The smallest absolute Gasteiger partial charge is 0.330 e. The third-order valence-electron chi connectivity index (χ3n) is 3.36. The number of aromatic amines is 1. The quantitative estimate of drug-likeness (QED) is 0.616. The minimum atomic E-state index is -0.821. The zero-order chi connectivity index (χ0) is 13.4. The molecule has 0 spiro atoms. The first kappa shape index (κ1) is 13.0. The number of H-pyrrole nitrogens is 1. The maximum Gasteiger partial charge on any atom is 0.330 e. The molecule has 1 aromatic rings. The van der Waals surface area contributed by atoms with Gasteiger partial charge in [0, 0.05) is 17.7 Å². The average molecular weight is 256 g/mol.